The van der Waals surface area contributed by atoms with Crippen molar-refractivity contribution in [2.45, 2.75) is 81.4 Å². The number of carbonyl (C=O) groups is 5. The summed E-state index contributed by atoms with van der Waals surface area (Å²) in [5.41, 5.74) is 25.6. The van der Waals surface area contributed by atoms with Crippen LogP contribution in [0.15, 0.2) is 0 Å². The van der Waals surface area contributed by atoms with Gasteiger partial charge in [-0.25, -0.2) is 0 Å². The molecule has 0 radical (unpaired) electrons. The molecule has 44 heavy (non-hydrogen) atoms. The summed E-state index contributed by atoms with van der Waals surface area (Å²) >= 11 is 0. The highest BCUT2D eigenvalue weighted by Crippen LogP contribution is 2.01. The van der Waals surface area contributed by atoms with E-state index in [9.17, 15) is 24.0 Å². The zero-order chi connectivity index (χ0) is 35.4. The minimum Gasteiger partial charge on any atom is -0.481 e. The molecule has 0 spiro atoms. The highest BCUT2D eigenvalue weighted by atomic mass is 16.4. The summed E-state index contributed by atoms with van der Waals surface area (Å²) in [6.07, 6.45) is -2.31. The first kappa shape index (κ1) is 47.4. The molecule has 0 aliphatic rings. The van der Waals surface area contributed by atoms with Crippen molar-refractivity contribution in [3.63, 3.8) is 0 Å². The first-order valence-corrected chi connectivity index (χ1v) is 13.0. The maximum Gasteiger partial charge on any atom is 0.320 e. The van der Waals surface area contributed by atoms with Crippen molar-refractivity contribution in [1.82, 2.24) is 5.32 Å². The van der Waals surface area contributed by atoms with Crippen LogP contribution in [0, 0.1) is 5.41 Å². The van der Waals surface area contributed by atoms with Crippen molar-refractivity contribution >= 4 is 35.6 Å². The maximum atomic E-state index is 10.5. The van der Waals surface area contributed by atoms with Crippen molar-refractivity contribution in [1.29, 1.82) is 5.41 Å². The SMILES string of the molecule is N=C(N)NCCCC(N)C(=O)O.NC(CCC(=O)O)C(=O)O.NCCCCC(N)C(=O)O.O=C(CO)C(O)C(O)C(O)CO. The lowest BCUT2D eigenvalue weighted by molar-refractivity contribution is -0.143. The molecule has 21 heteroatoms. The maximum absolute atomic E-state index is 10.5. The quantitative estimate of drug-likeness (QED) is 0.0352. The summed E-state index contributed by atoms with van der Waals surface area (Å²) in [7, 11) is 0. The Morgan fingerprint density at radius 3 is 1.50 bits per heavy atom. The molecule has 21 N–H and O–H groups in total. The van der Waals surface area contributed by atoms with Gasteiger partial charge in [0.15, 0.2) is 11.7 Å². The number of aliphatic hydroxyl groups excluding tert-OH is 5. The minimum atomic E-state index is -1.86. The van der Waals surface area contributed by atoms with Gasteiger partial charge in [-0.3, -0.25) is 29.4 Å². The second-order valence-electron chi connectivity index (χ2n) is 8.84. The number of hydrogen-bond donors (Lipinski definition) is 16. The number of ketones is 1. The Balaban J connectivity index is -0.000000243. The Hall–Kier alpha value is -3.54. The third-order valence-electron chi connectivity index (χ3n) is 4.99. The monoisotopic (exact) mass is 647 g/mol. The van der Waals surface area contributed by atoms with Crippen molar-refractivity contribution in [2.24, 2.45) is 28.7 Å². The van der Waals surface area contributed by atoms with E-state index in [-0.39, 0.29) is 18.8 Å². The Morgan fingerprint density at radius 2 is 1.16 bits per heavy atom. The first-order valence-electron chi connectivity index (χ1n) is 13.0. The van der Waals surface area contributed by atoms with E-state index in [0.717, 1.165) is 12.8 Å². The second-order valence-corrected chi connectivity index (χ2v) is 8.84. The number of unbranched alkanes of at least 4 members (excludes halogenated alkanes) is 1. The average molecular weight is 648 g/mol. The average Bonchev–Trinajstić information content (AvgIpc) is 2.96. The summed E-state index contributed by atoms with van der Waals surface area (Å²) in [5.74, 6) is -5.25. The fourth-order valence-corrected chi connectivity index (χ4v) is 2.31. The van der Waals surface area contributed by atoms with Gasteiger partial charge in [0.05, 0.1) is 6.61 Å². The van der Waals surface area contributed by atoms with E-state index in [2.05, 4.69) is 5.32 Å². The van der Waals surface area contributed by atoms with Crippen molar-refractivity contribution in [2.75, 3.05) is 26.3 Å². The summed E-state index contributed by atoms with van der Waals surface area (Å²) < 4.78 is 0. The number of carboxylic acids is 4. The molecule has 0 aromatic heterocycles. The Kier molecular flexibility index (Phi) is 31.8. The van der Waals surface area contributed by atoms with Gasteiger partial charge in [-0.05, 0) is 38.6 Å². The number of rotatable bonds is 19. The zero-order valence-electron chi connectivity index (χ0n) is 24.2. The molecule has 0 saturated heterocycles. The predicted molar refractivity (Wildman–Crippen MR) is 153 cm³/mol. The number of carboxylic acid groups (broad SMARTS) is 4. The van der Waals surface area contributed by atoms with Crippen LogP contribution in [0.25, 0.3) is 0 Å². The fraction of sp³-hybridized carbons (Fsp3) is 0.739. The van der Waals surface area contributed by atoms with E-state index < -0.39 is 79.3 Å². The van der Waals surface area contributed by atoms with Crippen molar-refractivity contribution < 1.29 is 69.9 Å². The van der Waals surface area contributed by atoms with Crippen LogP contribution in [0.5, 0.6) is 0 Å². The van der Waals surface area contributed by atoms with E-state index in [1.54, 1.807) is 0 Å². The summed E-state index contributed by atoms with van der Waals surface area (Å²) in [6, 6.07) is -2.60. The molecule has 6 unspecified atom stereocenters. The van der Waals surface area contributed by atoms with E-state index in [4.69, 9.17) is 80.0 Å². The molecule has 21 nitrogen and oxygen atoms in total. The molecule has 0 aliphatic heterocycles. The van der Waals surface area contributed by atoms with Gasteiger partial charge in [0, 0.05) is 13.0 Å². The molecule has 0 fully saturated rings. The van der Waals surface area contributed by atoms with Gasteiger partial charge in [0.2, 0.25) is 0 Å². The molecule has 0 saturated carbocycles. The van der Waals surface area contributed by atoms with Gasteiger partial charge in [-0.1, -0.05) is 6.42 Å². The van der Waals surface area contributed by atoms with Gasteiger partial charge in [-0.2, -0.15) is 0 Å². The van der Waals surface area contributed by atoms with Gasteiger partial charge in [-0.15, -0.1) is 0 Å². The molecule has 0 heterocycles. The van der Waals surface area contributed by atoms with Crippen LogP contribution in [0.2, 0.25) is 0 Å². The van der Waals surface area contributed by atoms with E-state index in [1.807, 2.05) is 0 Å². The van der Waals surface area contributed by atoms with Crippen molar-refractivity contribution in [3.05, 3.63) is 0 Å². The van der Waals surface area contributed by atoms with Gasteiger partial charge >= 0.3 is 23.9 Å². The summed E-state index contributed by atoms with van der Waals surface area (Å²) in [6.45, 7) is -0.601. The molecule has 0 rings (SSSR count). The summed E-state index contributed by atoms with van der Waals surface area (Å²) in [4.78, 5) is 50.7. The number of guanidine groups is 1. The Bertz CT molecular complexity index is 837. The Labute approximate surface area is 253 Å². The zero-order valence-corrected chi connectivity index (χ0v) is 24.2. The number of carbonyl (C=O) groups excluding carboxylic acids is 1. The van der Waals surface area contributed by atoms with Crippen LogP contribution in [-0.4, -0.2) is 144 Å². The first-order chi connectivity index (χ1) is 20.3. The fourth-order valence-electron chi connectivity index (χ4n) is 2.31. The van der Waals surface area contributed by atoms with Gasteiger partial charge in [0.1, 0.15) is 43.0 Å². The van der Waals surface area contributed by atoms with Crippen molar-refractivity contribution in [3.8, 4) is 0 Å². The van der Waals surface area contributed by atoms with Gasteiger partial charge in [0.25, 0.3) is 0 Å². The third-order valence-corrected chi connectivity index (χ3v) is 4.99. The number of nitrogens with one attached hydrogen (secondary N) is 2. The molecule has 260 valence electrons. The lowest BCUT2D eigenvalue weighted by Gasteiger charge is -2.19. The van der Waals surface area contributed by atoms with Crippen LogP contribution in [0.4, 0.5) is 0 Å². The Morgan fingerprint density at radius 1 is 0.727 bits per heavy atom. The molecule has 0 amide bonds. The second kappa shape index (κ2) is 29.5. The van der Waals surface area contributed by atoms with E-state index in [0.29, 0.717) is 32.4 Å². The molecular weight excluding hydrogens is 598 g/mol. The lowest BCUT2D eigenvalue weighted by atomic mass is 10.1. The molecule has 0 bridgehead atoms. The smallest absolute Gasteiger partial charge is 0.320 e. The van der Waals surface area contributed by atoms with Crippen LogP contribution in [0.1, 0.15) is 44.9 Å². The molecule has 0 aliphatic carbocycles. The number of Topliss-reactive ketones (excluding diaryl/α,β-unsaturated/α-hetero) is 1. The molecule has 0 aromatic carbocycles. The third kappa shape index (κ3) is 31.4. The van der Waals surface area contributed by atoms with E-state index >= 15 is 0 Å². The largest absolute Gasteiger partial charge is 0.481 e. The molecular formula is C23H49N7O14. The molecule has 6 atom stereocenters. The predicted octanol–water partition coefficient (Wildman–Crippen LogP) is -5.93. The number of hydrogen-bond acceptors (Lipinski definition) is 15. The normalized spacial score (nSPS) is 14.1. The summed E-state index contributed by atoms with van der Waals surface area (Å²) in [5, 5.41) is 85.4. The number of aliphatic carboxylic acids is 4. The van der Waals surface area contributed by atoms with Crippen LogP contribution >= 0.6 is 0 Å². The number of aliphatic hydroxyl groups is 5. The highest BCUT2D eigenvalue weighted by molar-refractivity contribution is 5.84. The molecule has 0 aromatic rings. The number of nitrogens with two attached hydrogens (primary N) is 5. The lowest BCUT2D eigenvalue weighted by Crippen LogP contribution is -2.44. The standard InChI is InChI=1S/C6H14N4O2.C6H14N2O2.C6H12O6.C5H9NO4/c7-4(5(11)12)2-1-3-10-6(8)9;7-4-2-1-3-5(8)6(9)10;7-1-3(9)5(11)6(12)4(10)2-8;6-3(5(9)10)1-2-4(7)8/h4H,1-3,7H2,(H,11,12)(H4,8,9,10);5H,1-4,7-8H2,(H,9,10);3,5-9,11-12H,1-2H2;3H,1-2,6H2,(H,7,8)(H,9,10). The topological polar surface area (TPSA) is 433 Å². The van der Waals surface area contributed by atoms with Gasteiger partial charge < -0.3 is 79.9 Å². The van der Waals surface area contributed by atoms with E-state index in [1.165, 1.54) is 0 Å². The highest BCUT2D eigenvalue weighted by Gasteiger charge is 2.28. The van der Waals surface area contributed by atoms with Crippen LogP contribution in [0.3, 0.4) is 0 Å². The van der Waals surface area contributed by atoms with Crippen LogP contribution < -0.4 is 34.0 Å². The minimum absolute atomic E-state index is 0.0231. The van der Waals surface area contributed by atoms with Crippen LogP contribution in [-0.2, 0) is 24.0 Å².